The molecule has 7 nitrogen and oxygen atoms in total. The molecule has 2 atom stereocenters. The van der Waals surface area contributed by atoms with Crippen LogP contribution in [0.3, 0.4) is 0 Å². The van der Waals surface area contributed by atoms with Crippen LogP contribution in [0.4, 0.5) is 0 Å². The molecule has 0 fully saturated rings. The Labute approximate surface area is 139 Å². The number of hydrogen-bond donors (Lipinski definition) is 5. The maximum Gasteiger partial charge on any atom is 0.524 e. The standard InChI is InChI=1S/C16H19O7P/c1-2-13(10-3-5-11(17)6-4-10)16(19)14-9-12(18)7-8-15(14)23-24(20,21)22/h3-9,13,16-19H,2H2,1H3,(H2,20,21,22). The van der Waals surface area contributed by atoms with Crippen LogP contribution in [-0.2, 0) is 4.57 Å². The summed E-state index contributed by atoms with van der Waals surface area (Å²) in [6.07, 6.45) is -0.662. The summed E-state index contributed by atoms with van der Waals surface area (Å²) < 4.78 is 15.7. The van der Waals surface area contributed by atoms with Gasteiger partial charge in [-0.15, -0.1) is 0 Å². The van der Waals surface area contributed by atoms with Crippen LogP contribution in [-0.4, -0.2) is 25.1 Å². The Kier molecular flexibility index (Phi) is 5.51. The number of phenols is 2. The van der Waals surface area contributed by atoms with E-state index in [-0.39, 0.29) is 22.8 Å². The van der Waals surface area contributed by atoms with Crippen LogP contribution in [0.25, 0.3) is 0 Å². The van der Waals surface area contributed by atoms with E-state index < -0.39 is 19.8 Å². The van der Waals surface area contributed by atoms with Crippen molar-refractivity contribution in [2.24, 2.45) is 0 Å². The maximum atomic E-state index is 11.1. The number of aromatic hydroxyl groups is 2. The third-order valence-corrected chi connectivity index (χ3v) is 4.11. The highest BCUT2D eigenvalue weighted by molar-refractivity contribution is 7.46. The SMILES string of the molecule is CCC(c1ccc(O)cc1)C(O)c1cc(O)ccc1OP(=O)(O)O. The molecule has 0 spiro atoms. The summed E-state index contributed by atoms with van der Waals surface area (Å²) in [6.45, 7) is 1.84. The van der Waals surface area contributed by atoms with E-state index in [9.17, 15) is 19.9 Å². The summed E-state index contributed by atoms with van der Waals surface area (Å²) in [5.41, 5.74) is 0.798. The molecule has 0 saturated carbocycles. The topological polar surface area (TPSA) is 127 Å². The number of benzene rings is 2. The Bertz CT molecular complexity index is 739. The van der Waals surface area contributed by atoms with E-state index in [2.05, 4.69) is 4.52 Å². The lowest BCUT2D eigenvalue weighted by atomic mass is 9.87. The predicted molar refractivity (Wildman–Crippen MR) is 86.9 cm³/mol. The molecular weight excluding hydrogens is 335 g/mol. The van der Waals surface area contributed by atoms with Crippen LogP contribution in [0.15, 0.2) is 42.5 Å². The van der Waals surface area contributed by atoms with E-state index in [1.54, 1.807) is 12.1 Å². The van der Waals surface area contributed by atoms with E-state index >= 15 is 0 Å². The molecule has 0 heterocycles. The quantitative estimate of drug-likeness (QED) is 0.505. The summed E-state index contributed by atoms with van der Waals surface area (Å²) in [7, 11) is -4.81. The van der Waals surface area contributed by atoms with Crippen LogP contribution in [0.2, 0.25) is 0 Å². The van der Waals surface area contributed by atoms with E-state index in [4.69, 9.17) is 9.79 Å². The van der Waals surface area contributed by atoms with E-state index in [0.29, 0.717) is 6.42 Å². The van der Waals surface area contributed by atoms with Crippen LogP contribution >= 0.6 is 7.82 Å². The lowest BCUT2D eigenvalue weighted by Crippen LogP contribution is -2.11. The van der Waals surface area contributed by atoms with Gasteiger partial charge in [0.1, 0.15) is 17.2 Å². The first-order valence-corrected chi connectivity index (χ1v) is 8.79. The fourth-order valence-electron chi connectivity index (χ4n) is 2.56. The van der Waals surface area contributed by atoms with Gasteiger partial charge >= 0.3 is 7.82 Å². The van der Waals surface area contributed by atoms with Crippen molar-refractivity contribution in [2.75, 3.05) is 0 Å². The predicted octanol–water partition coefficient (Wildman–Crippen LogP) is 2.80. The van der Waals surface area contributed by atoms with Crippen LogP contribution in [0, 0.1) is 0 Å². The minimum absolute atomic E-state index is 0.0678. The van der Waals surface area contributed by atoms with E-state index in [0.717, 1.165) is 5.56 Å². The van der Waals surface area contributed by atoms with Gasteiger partial charge in [-0.05, 0) is 42.3 Å². The number of rotatable bonds is 6. The van der Waals surface area contributed by atoms with Crippen LogP contribution in [0.5, 0.6) is 17.2 Å². The number of aliphatic hydroxyl groups is 1. The molecule has 5 N–H and O–H groups in total. The van der Waals surface area contributed by atoms with Gasteiger partial charge in [0.2, 0.25) is 0 Å². The average molecular weight is 354 g/mol. The van der Waals surface area contributed by atoms with Gasteiger partial charge in [0.05, 0.1) is 6.10 Å². The van der Waals surface area contributed by atoms with Gasteiger partial charge < -0.3 is 19.8 Å². The average Bonchev–Trinajstić information content (AvgIpc) is 2.50. The first kappa shape index (κ1) is 18.3. The highest BCUT2D eigenvalue weighted by Gasteiger charge is 2.27. The van der Waals surface area contributed by atoms with Crippen molar-refractivity contribution >= 4 is 7.82 Å². The third-order valence-electron chi connectivity index (χ3n) is 3.67. The van der Waals surface area contributed by atoms with Crippen molar-refractivity contribution in [3.63, 3.8) is 0 Å². The molecule has 0 radical (unpaired) electrons. The number of phosphoric acid groups is 1. The fraction of sp³-hybridized carbons (Fsp3) is 0.250. The van der Waals surface area contributed by atoms with Gasteiger partial charge in [0, 0.05) is 11.5 Å². The lowest BCUT2D eigenvalue weighted by molar-refractivity contribution is 0.139. The summed E-state index contributed by atoms with van der Waals surface area (Å²) in [6, 6.07) is 9.89. The van der Waals surface area contributed by atoms with Crippen molar-refractivity contribution in [1.29, 1.82) is 0 Å². The fourth-order valence-corrected chi connectivity index (χ4v) is 2.98. The van der Waals surface area contributed by atoms with Crippen molar-refractivity contribution in [2.45, 2.75) is 25.4 Å². The Balaban J connectivity index is 2.42. The first-order chi connectivity index (χ1) is 11.2. The van der Waals surface area contributed by atoms with Gasteiger partial charge in [0.25, 0.3) is 0 Å². The smallest absolute Gasteiger partial charge is 0.508 e. The minimum atomic E-state index is -4.81. The number of aliphatic hydroxyl groups excluding tert-OH is 1. The molecule has 0 aliphatic carbocycles. The van der Waals surface area contributed by atoms with Gasteiger partial charge in [-0.25, -0.2) is 4.57 Å². The van der Waals surface area contributed by atoms with Crippen LogP contribution < -0.4 is 4.52 Å². The monoisotopic (exact) mass is 354 g/mol. The third kappa shape index (κ3) is 4.49. The van der Waals surface area contributed by atoms with Gasteiger partial charge in [-0.3, -0.25) is 9.79 Å². The van der Waals surface area contributed by atoms with E-state index in [1.165, 1.54) is 30.3 Å². The van der Waals surface area contributed by atoms with Crippen molar-refractivity contribution < 1.29 is 34.2 Å². The summed E-state index contributed by atoms with van der Waals surface area (Å²) in [4.78, 5) is 18.0. The maximum absolute atomic E-state index is 11.1. The molecule has 2 aromatic carbocycles. The molecule has 0 saturated heterocycles. The normalized spacial score (nSPS) is 14.2. The zero-order valence-corrected chi connectivity index (χ0v) is 13.8. The second-order valence-corrected chi connectivity index (χ2v) is 6.52. The molecule has 0 aliphatic rings. The largest absolute Gasteiger partial charge is 0.524 e. The summed E-state index contributed by atoms with van der Waals surface area (Å²) in [5, 5.41) is 29.7. The molecule has 0 bridgehead atoms. The minimum Gasteiger partial charge on any atom is -0.508 e. The Hall–Kier alpha value is -2.05. The highest BCUT2D eigenvalue weighted by atomic mass is 31.2. The molecular formula is C16H19O7P. The molecule has 130 valence electrons. The van der Waals surface area contributed by atoms with Crippen LogP contribution in [0.1, 0.15) is 36.5 Å². The van der Waals surface area contributed by atoms with Crippen molar-refractivity contribution in [3.05, 3.63) is 53.6 Å². The molecule has 0 aromatic heterocycles. The van der Waals surface area contributed by atoms with Gasteiger partial charge in [0.15, 0.2) is 0 Å². The van der Waals surface area contributed by atoms with Gasteiger partial charge in [-0.1, -0.05) is 19.1 Å². The Morgan fingerprint density at radius 3 is 2.17 bits per heavy atom. The molecule has 8 heteroatoms. The zero-order chi connectivity index (χ0) is 17.9. The van der Waals surface area contributed by atoms with Crippen molar-refractivity contribution in [1.82, 2.24) is 0 Å². The van der Waals surface area contributed by atoms with Crippen molar-refractivity contribution in [3.8, 4) is 17.2 Å². The summed E-state index contributed by atoms with van der Waals surface area (Å²) in [5.74, 6) is -0.703. The molecule has 24 heavy (non-hydrogen) atoms. The number of hydrogen-bond acceptors (Lipinski definition) is 5. The second kappa shape index (κ2) is 7.23. The molecule has 0 amide bonds. The molecule has 0 aliphatic heterocycles. The van der Waals surface area contributed by atoms with Gasteiger partial charge in [-0.2, -0.15) is 0 Å². The zero-order valence-electron chi connectivity index (χ0n) is 12.9. The Morgan fingerprint density at radius 2 is 1.62 bits per heavy atom. The highest BCUT2D eigenvalue weighted by Crippen LogP contribution is 2.45. The Morgan fingerprint density at radius 1 is 1.04 bits per heavy atom. The summed E-state index contributed by atoms with van der Waals surface area (Å²) >= 11 is 0. The second-order valence-electron chi connectivity index (χ2n) is 5.36. The number of phosphoric ester groups is 1. The molecule has 2 rings (SSSR count). The number of phenolic OH excluding ortho intramolecular Hbond substituents is 2. The molecule has 2 unspecified atom stereocenters. The van der Waals surface area contributed by atoms with E-state index in [1.807, 2.05) is 6.92 Å². The molecule has 2 aromatic rings. The first-order valence-electron chi connectivity index (χ1n) is 7.26. The lowest BCUT2D eigenvalue weighted by Gasteiger charge is -2.24.